The van der Waals surface area contributed by atoms with Crippen molar-refractivity contribution in [1.29, 1.82) is 0 Å². The zero-order chi connectivity index (χ0) is 19.1. The molecule has 7 nitrogen and oxygen atoms in total. The number of anilines is 1. The van der Waals surface area contributed by atoms with Gasteiger partial charge in [0.2, 0.25) is 11.8 Å². The Morgan fingerprint density at radius 1 is 1.23 bits per heavy atom. The molecule has 3 N–H and O–H groups in total. The molecule has 0 unspecified atom stereocenters. The number of rotatable bonds is 3. The van der Waals surface area contributed by atoms with Crippen molar-refractivity contribution in [2.45, 2.75) is 32.8 Å². The summed E-state index contributed by atoms with van der Waals surface area (Å²) in [5, 5.41) is 10.7. The molecule has 0 spiro atoms. The molecular weight excluding hydrogens is 332 g/mol. The van der Waals surface area contributed by atoms with E-state index in [1.165, 1.54) is 0 Å². The molecule has 0 saturated carbocycles. The van der Waals surface area contributed by atoms with Crippen LogP contribution in [0.3, 0.4) is 0 Å². The molecule has 0 bridgehead atoms. The normalized spacial score (nSPS) is 11.7. The molecule has 0 radical (unpaired) electrons. The lowest BCUT2D eigenvalue weighted by Crippen LogP contribution is -2.23. The summed E-state index contributed by atoms with van der Waals surface area (Å²) in [5.74, 6) is -0.450. The standard InChI is InChI=1S/C19H22N4O3/c1-19(2,3)26-17(25)12-7-5-11(6-8-12)9-13-10-23(4)15-14(13)16(24)22-18(20)21-15/h5-8,10H,9H2,1-4H3,(H3,20,21,22,24). The van der Waals surface area contributed by atoms with Crippen LogP contribution >= 0.6 is 0 Å². The summed E-state index contributed by atoms with van der Waals surface area (Å²) in [5.41, 5.74) is 8.02. The largest absolute Gasteiger partial charge is 0.493 e. The second kappa shape index (κ2) is 6.33. The van der Waals surface area contributed by atoms with Crippen LogP contribution in [0.5, 0.6) is 5.88 Å². The zero-order valence-corrected chi connectivity index (χ0v) is 15.3. The van der Waals surface area contributed by atoms with E-state index in [9.17, 15) is 9.90 Å². The van der Waals surface area contributed by atoms with Gasteiger partial charge in [0.1, 0.15) is 11.2 Å². The lowest BCUT2D eigenvalue weighted by Gasteiger charge is -2.19. The van der Waals surface area contributed by atoms with Crippen LogP contribution in [0.15, 0.2) is 30.5 Å². The first-order chi connectivity index (χ1) is 12.1. The number of fused-ring (bicyclic) bond motifs is 1. The highest BCUT2D eigenvalue weighted by Crippen LogP contribution is 2.29. The molecule has 2 heterocycles. The van der Waals surface area contributed by atoms with Gasteiger partial charge in [-0.3, -0.25) is 0 Å². The first kappa shape index (κ1) is 17.7. The summed E-state index contributed by atoms with van der Waals surface area (Å²) in [6.07, 6.45) is 2.45. The highest BCUT2D eigenvalue weighted by Gasteiger charge is 2.18. The van der Waals surface area contributed by atoms with Crippen molar-refractivity contribution in [3.8, 4) is 5.88 Å². The van der Waals surface area contributed by atoms with Gasteiger partial charge in [0, 0.05) is 13.2 Å². The van der Waals surface area contributed by atoms with Crippen LogP contribution in [0.4, 0.5) is 5.95 Å². The molecule has 0 aliphatic carbocycles. The molecule has 2 aromatic heterocycles. The number of nitrogens with two attached hydrogens (primary N) is 1. The number of aryl methyl sites for hydroxylation is 1. The van der Waals surface area contributed by atoms with Crippen LogP contribution in [0.25, 0.3) is 11.0 Å². The average Bonchev–Trinajstić information content (AvgIpc) is 2.82. The van der Waals surface area contributed by atoms with E-state index in [1.807, 2.05) is 46.1 Å². The van der Waals surface area contributed by atoms with Crippen LogP contribution in [-0.4, -0.2) is 31.2 Å². The molecule has 0 aliphatic heterocycles. The summed E-state index contributed by atoms with van der Waals surface area (Å²) >= 11 is 0. The summed E-state index contributed by atoms with van der Waals surface area (Å²) in [6.45, 7) is 5.50. The van der Waals surface area contributed by atoms with Gasteiger partial charge >= 0.3 is 5.97 Å². The average molecular weight is 354 g/mol. The quantitative estimate of drug-likeness (QED) is 0.701. The Morgan fingerprint density at radius 2 is 1.88 bits per heavy atom. The van der Waals surface area contributed by atoms with E-state index >= 15 is 0 Å². The van der Waals surface area contributed by atoms with Gasteiger partial charge in [-0.05, 0) is 50.5 Å². The van der Waals surface area contributed by atoms with Crippen LogP contribution in [0, 0.1) is 0 Å². The highest BCUT2D eigenvalue weighted by molar-refractivity contribution is 5.90. The Balaban J connectivity index is 1.86. The van der Waals surface area contributed by atoms with Gasteiger partial charge in [-0.15, -0.1) is 0 Å². The summed E-state index contributed by atoms with van der Waals surface area (Å²) in [4.78, 5) is 20.1. The van der Waals surface area contributed by atoms with Crippen molar-refractivity contribution in [1.82, 2.24) is 14.5 Å². The molecule has 0 atom stereocenters. The summed E-state index contributed by atoms with van der Waals surface area (Å²) in [6, 6.07) is 7.21. The summed E-state index contributed by atoms with van der Waals surface area (Å²) in [7, 11) is 1.84. The maximum atomic E-state index is 12.1. The maximum absolute atomic E-state index is 12.1. The molecule has 0 amide bonds. The Hall–Kier alpha value is -3.09. The maximum Gasteiger partial charge on any atom is 0.338 e. The lowest BCUT2D eigenvalue weighted by molar-refractivity contribution is 0.00695. The predicted octanol–water partition coefficient (Wildman–Crippen LogP) is 2.80. The molecule has 7 heteroatoms. The predicted molar refractivity (Wildman–Crippen MR) is 99.0 cm³/mol. The number of benzene rings is 1. The number of nitrogen functional groups attached to an aromatic ring is 1. The van der Waals surface area contributed by atoms with Crippen molar-refractivity contribution >= 4 is 23.0 Å². The Bertz CT molecular complexity index is 969. The third kappa shape index (κ3) is 3.61. The fraction of sp³-hybridized carbons (Fsp3) is 0.316. The number of esters is 1. The number of aromatic hydroxyl groups is 1. The molecule has 1 aromatic carbocycles. The fourth-order valence-electron chi connectivity index (χ4n) is 2.81. The molecule has 136 valence electrons. The van der Waals surface area contributed by atoms with E-state index in [0.717, 1.165) is 11.1 Å². The van der Waals surface area contributed by atoms with Crippen molar-refractivity contribution in [3.63, 3.8) is 0 Å². The number of aromatic nitrogens is 3. The van der Waals surface area contributed by atoms with E-state index in [4.69, 9.17) is 10.5 Å². The van der Waals surface area contributed by atoms with Crippen molar-refractivity contribution in [3.05, 3.63) is 47.2 Å². The van der Waals surface area contributed by atoms with Gasteiger partial charge in [-0.2, -0.15) is 9.97 Å². The molecule has 0 fully saturated rings. The number of ether oxygens (including phenoxy) is 1. The number of nitrogens with zero attached hydrogens (tertiary/aromatic N) is 3. The van der Waals surface area contributed by atoms with E-state index in [2.05, 4.69) is 9.97 Å². The summed E-state index contributed by atoms with van der Waals surface area (Å²) < 4.78 is 7.17. The second-order valence-corrected chi connectivity index (χ2v) is 7.24. The molecule has 0 saturated heterocycles. The van der Waals surface area contributed by atoms with Crippen molar-refractivity contribution in [2.24, 2.45) is 7.05 Å². The molecule has 3 rings (SSSR count). The highest BCUT2D eigenvalue weighted by atomic mass is 16.6. The third-order valence-electron chi connectivity index (χ3n) is 3.88. The number of hydrogen-bond donors (Lipinski definition) is 2. The molecular formula is C19H22N4O3. The minimum absolute atomic E-state index is 0.0319. The number of carbonyl (C=O) groups excluding carboxylic acids is 1. The van der Waals surface area contributed by atoms with E-state index in [0.29, 0.717) is 23.0 Å². The van der Waals surface area contributed by atoms with Crippen LogP contribution in [0.1, 0.15) is 42.3 Å². The molecule has 26 heavy (non-hydrogen) atoms. The first-order valence-corrected chi connectivity index (χ1v) is 8.27. The number of hydrogen-bond acceptors (Lipinski definition) is 6. The first-order valence-electron chi connectivity index (χ1n) is 8.27. The van der Waals surface area contributed by atoms with Crippen molar-refractivity contribution in [2.75, 3.05) is 5.73 Å². The second-order valence-electron chi connectivity index (χ2n) is 7.24. The Morgan fingerprint density at radius 3 is 2.50 bits per heavy atom. The smallest absolute Gasteiger partial charge is 0.338 e. The molecule has 3 aromatic rings. The van der Waals surface area contributed by atoms with Crippen molar-refractivity contribution < 1.29 is 14.6 Å². The minimum atomic E-state index is -0.530. The SMILES string of the molecule is Cn1cc(Cc2ccc(C(=O)OC(C)(C)C)cc2)c2c(O)nc(N)nc21. The fourth-order valence-corrected chi connectivity index (χ4v) is 2.81. The van der Waals surface area contributed by atoms with Crippen LogP contribution in [-0.2, 0) is 18.2 Å². The van der Waals surface area contributed by atoms with Gasteiger partial charge in [-0.1, -0.05) is 12.1 Å². The topological polar surface area (TPSA) is 103 Å². The van der Waals surface area contributed by atoms with E-state index < -0.39 is 5.60 Å². The van der Waals surface area contributed by atoms with E-state index in [-0.39, 0.29) is 17.8 Å². The Labute approximate surface area is 151 Å². The van der Waals surface area contributed by atoms with Gasteiger partial charge in [0.15, 0.2) is 0 Å². The van der Waals surface area contributed by atoms with Crippen LogP contribution < -0.4 is 5.73 Å². The van der Waals surface area contributed by atoms with Gasteiger partial charge in [0.05, 0.1) is 10.9 Å². The van der Waals surface area contributed by atoms with E-state index in [1.54, 1.807) is 16.7 Å². The molecule has 0 aliphatic rings. The number of carbonyl (C=O) groups is 1. The zero-order valence-electron chi connectivity index (χ0n) is 15.3. The minimum Gasteiger partial charge on any atom is -0.493 e. The van der Waals surface area contributed by atoms with Gasteiger partial charge in [-0.25, -0.2) is 4.79 Å². The van der Waals surface area contributed by atoms with Gasteiger partial charge in [0.25, 0.3) is 0 Å². The van der Waals surface area contributed by atoms with Crippen LogP contribution in [0.2, 0.25) is 0 Å². The van der Waals surface area contributed by atoms with Gasteiger partial charge < -0.3 is 20.1 Å². The lowest BCUT2D eigenvalue weighted by atomic mass is 10.0. The third-order valence-corrected chi connectivity index (χ3v) is 3.88. The Kier molecular flexibility index (Phi) is 4.31. The monoisotopic (exact) mass is 354 g/mol.